The van der Waals surface area contributed by atoms with Crippen LogP contribution < -0.4 is 5.32 Å². The predicted molar refractivity (Wildman–Crippen MR) is 110 cm³/mol. The summed E-state index contributed by atoms with van der Waals surface area (Å²) in [4.78, 5) is 24.7. The molecule has 3 rings (SSSR count). The minimum Gasteiger partial charge on any atom is -0.459 e. The first-order valence-electron chi connectivity index (χ1n) is 9.33. The van der Waals surface area contributed by atoms with Gasteiger partial charge >= 0.3 is 5.97 Å². The molecule has 5 nitrogen and oxygen atoms in total. The summed E-state index contributed by atoms with van der Waals surface area (Å²) in [6.07, 6.45) is -0.196. The fourth-order valence-corrected chi connectivity index (χ4v) is 3.15. The van der Waals surface area contributed by atoms with Crippen LogP contribution in [0.1, 0.15) is 46.0 Å². The van der Waals surface area contributed by atoms with Crippen LogP contribution in [0.4, 0.5) is 10.1 Å². The van der Waals surface area contributed by atoms with Crippen LogP contribution in [0.3, 0.4) is 0 Å². The lowest BCUT2D eigenvalue weighted by Crippen LogP contribution is -2.14. The summed E-state index contributed by atoms with van der Waals surface area (Å²) >= 11 is 0. The van der Waals surface area contributed by atoms with Gasteiger partial charge in [0.05, 0.1) is 17.2 Å². The van der Waals surface area contributed by atoms with Crippen LogP contribution in [0.15, 0.2) is 54.6 Å². The second kappa shape index (κ2) is 8.31. The standard InChI is InChI=1S/C23H23FN2O3/c1-14(2)29-23(28)17-5-9-19(10-6-17)25-22(27)21-13-15(3)26(16(21)4)20-11-7-18(24)8-12-20/h5-14H,1-4H3,(H,25,27). The molecule has 2 aromatic carbocycles. The second-order valence-corrected chi connectivity index (χ2v) is 7.08. The minimum absolute atomic E-state index is 0.196. The monoisotopic (exact) mass is 394 g/mol. The topological polar surface area (TPSA) is 60.3 Å². The molecule has 6 heteroatoms. The lowest BCUT2D eigenvalue weighted by Gasteiger charge is -2.11. The van der Waals surface area contributed by atoms with Gasteiger partial charge in [-0.1, -0.05) is 0 Å². The van der Waals surface area contributed by atoms with Crippen LogP contribution in [0.2, 0.25) is 0 Å². The van der Waals surface area contributed by atoms with Crippen LogP contribution in [-0.2, 0) is 4.74 Å². The van der Waals surface area contributed by atoms with Crippen LogP contribution in [-0.4, -0.2) is 22.5 Å². The summed E-state index contributed by atoms with van der Waals surface area (Å²) in [6.45, 7) is 7.31. The van der Waals surface area contributed by atoms with Crippen molar-refractivity contribution in [2.75, 3.05) is 5.32 Å². The normalized spacial score (nSPS) is 10.8. The third kappa shape index (κ3) is 4.54. The highest BCUT2D eigenvalue weighted by Gasteiger charge is 2.17. The Balaban J connectivity index is 1.78. The lowest BCUT2D eigenvalue weighted by atomic mass is 10.2. The predicted octanol–water partition coefficient (Wildman–Crippen LogP) is 5.05. The van der Waals surface area contributed by atoms with Crippen LogP contribution in [0.5, 0.6) is 0 Å². The maximum absolute atomic E-state index is 13.2. The highest BCUT2D eigenvalue weighted by atomic mass is 19.1. The number of anilines is 1. The van der Waals surface area contributed by atoms with E-state index in [1.807, 2.05) is 18.4 Å². The number of ether oxygens (including phenoxy) is 1. The summed E-state index contributed by atoms with van der Waals surface area (Å²) in [6, 6.07) is 14.5. The molecule has 1 aromatic heterocycles. The van der Waals surface area contributed by atoms with E-state index < -0.39 is 5.97 Å². The molecular formula is C23H23FN2O3. The van der Waals surface area contributed by atoms with Crippen molar-refractivity contribution in [2.24, 2.45) is 0 Å². The first kappa shape index (κ1) is 20.3. The van der Waals surface area contributed by atoms with Gasteiger partial charge in [0.1, 0.15) is 5.82 Å². The van der Waals surface area contributed by atoms with Crippen molar-refractivity contribution in [3.63, 3.8) is 0 Å². The number of hydrogen-bond donors (Lipinski definition) is 1. The summed E-state index contributed by atoms with van der Waals surface area (Å²) < 4.78 is 20.3. The van der Waals surface area contributed by atoms with E-state index >= 15 is 0 Å². The van der Waals surface area contributed by atoms with Crippen molar-refractivity contribution < 1.29 is 18.7 Å². The van der Waals surface area contributed by atoms with Crippen molar-refractivity contribution in [3.05, 3.63) is 82.9 Å². The molecule has 0 unspecified atom stereocenters. The molecule has 0 saturated heterocycles. The van der Waals surface area contributed by atoms with Gasteiger partial charge in [0.15, 0.2) is 0 Å². The Kier molecular flexibility index (Phi) is 5.82. The van der Waals surface area contributed by atoms with Gasteiger partial charge < -0.3 is 14.6 Å². The summed E-state index contributed by atoms with van der Waals surface area (Å²) in [7, 11) is 0. The number of amides is 1. The van der Waals surface area contributed by atoms with Crippen molar-refractivity contribution in [1.29, 1.82) is 0 Å². The van der Waals surface area contributed by atoms with Crippen molar-refractivity contribution in [3.8, 4) is 5.69 Å². The third-order valence-corrected chi connectivity index (χ3v) is 4.48. The smallest absolute Gasteiger partial charge is 0.338 e. The molecule has 0 aliphatic heterocycles. The Morgan fingerprint density at radius 1 is 1.00 bits per heavy atom. The first-order chi connectivity index (χ1) is 13.8. The van der Waals surface area contributed by atoms with E-state index in [0.29, 0.717) is 16.8 Å². The zero-order valence-corrected chi connectivity index (χ0v) is 16.8. The fraction of sp³-hybridized carbons (Fsp3) is 0.217. The number of nitrogens with one attached hydrogen (secondary N) is 1. The van der Waals surface area contributed by atoms with Gasteiger partial charge in [-0.15, -0.1) is 0 Å². The molecule has 0 spiro atoms. The average Bonchev–Trinajstić information content (AvgIpc) is 2.97. The minimum atomic E-state index is -0.402. The third-order valence-electron chi connectivity index (χ3n) is 4.48. The Morgan fingerprint density at radius 3 is 2.21 bits per heavy atom. The number of nitrogens with zero attached hydrogens (tertiary/aromatic N) is 1. The Bertz CT molecular complexity index is 1040. The molecule has 0 bridgehead atoms. The molecule has 0 aliphatic rings. The molecule has 0 fully saturated rings. The maximum Gasteiger partial charge on any atom is 0.338 e. The van der Waals surface area contributed by atoms with Gasteiger partial charge in [-0.2, -0.15) is 0 Å². The summed E-state index contributed by atoms with van der Waals surface area (Å²) in [5.74, 6) is -0.973. The van der Waals surface area contributed by atoms with Gasteiger partial charge in [0, 0.05) is 22.8 Å². The molecule has 0 atom stereocenters. The second-order valence-electron chi connectivity index (χ2n) is 7.08. The number of benzene rings is 2. The number of hydrogen-bond acceptors (Lipinski definition) is 3. The van der Waals surface area contributed by atoms with E-state index in [-0.39, 0.29) is 17.8 Å². The number of carbonyl (C=O) groups excluding carboxylic acids is 2. The highest BCUT2D eigenvalue weighted by Crippen LogP contribution is 2.22. The zero-order valence-electron chi connectivity index (χ0n) is 16.8. The van der Waals surface area contributed by atoms with E-state index in [2.05, 4.69) is 5.32 Å². The molecule has 3 aromatic rings. The molecule has 0 radical (unpaired) electrons. The van der Waals surface area contributed by atoms with Crippen LogP contribution >= 0.6 is 0 Å². The molecule has 1 N–H and O–H groups in total. The van der Waals surface area contributed by atoms with Gasteiger partial charge in [-0.3, -0.25) is 4.79 Å². The SMILES string of the molecule is Cc1cc(C(=O)Nc2ccc(C(=O)OC(C)C)cc2)c(C)n1-c1ccc(F)cc1. The fourth-order valence-electron chi connectivity index (χ4n) is 3.15. The molecular weight excluding hydrogens is 371 g/mol. The van der Waals surface area contributed by atoms with Gasteiger partial charge in [-0.05, 0) is 82.3 Å². The van der Waals surface area contributed by atoms with Gasteiger partial charge in [-0.25, -0.2) is 9.18 Å². The number of aryl methyl sites for hydroxylation is 1. The van der Waals surface area contributed by atoms with Crippen molar-refractivity contribution in [2.45, 2.75) is 33.8 Å². The summed E-state index contributed by atoms with van der Waals surface area (Å²) in [5.41, 5.74) is 3.92. The molecule has 0 aliphatic carbocycles. The molecule has 1 heterocycles. The quantitative estimate of drug-likeness (QED) is 0.616. The number of aromatic nitrogens is 1. The van der Waals surface area contributed by atoms with Crippen LogP contribution in [0, 0.1) is 19.7 Å². The van der Waals surface area contributed by atoms with E-state index in [9.17, 15) is 14.0 Å². The molecule has 0 saturated carbocycles. The van der Waals surface area contributed by atoms with E-state index in [0.717, 1.165) is 17.1 Å². The number of carbonyl (C=O) groups is 2. The Labute approximate surface area is 169 Å². The molecule has 29 heavy (non-hydrogen) atoms. The van der Waals surface area contributed by atoms with E-state index in [1.165, 1.54) is 12.1 Å². The maximum atomic E-state index is 13.2. The Hall–Kier alpha value is -3.41. The van der Waals surface area contributed by atoms with Gasteiger partial charge in [0.25, 0.3) is 5.91 Å². The number of rotatable bonds is 5. The average molecular weight is 394 g/mol. The molecule has 150 valence electrons. The zero-order chi connectivity index (χ0) is 21.1. The van der Waals surface area contributed by atoms with Crippen molar-refractivity contribution in [1.82, 2.24) is 4.57 Å². The Morgan fingerprint density at radius 2 is 1.62 bits per heavy atom. The van der Waals surface area contributed by atoms with E-state index in [4.69, 9.17) is 4.74 Å². The largest absolute Gasteiger partial charge is 0.459 e. The summed E-state index contributed by atoms with van der Waals surface area (Å²) in [5, 5.41) is 2.84. The van der Waals surface area contributed by atoms with Crippen LogP contribution in [0.25, 0.3) is 5.69 Å². The van der Waals surface area contributed by atoms with Crippen molar-refractivity contribution >= 4 is 17.6 Å². The first-order valence-corrected chi connectivity index (χ1v) is 9.33. The lowest BCUT2D eigenvalue weighted by molar-refractivity contribution is 0.0378. The molecule has 1 amide bonds. The number of esters is 1. The number of halogens is 1. The van der Waals surface area contributed by atoms with Gasteiger partial charge in [0.2, 0.25) is 0 Å². The van der Waals surface area contributed by atoms with E-state index in [1.54, 1.807) is 56.3 Å². The highest BCUT2D eigenvalue weighted by molar-refractivity contribution is 6.05.